The maximum atomic E-state index is 11.0. The number of nitrogens with one attached hydrogen (secondary N) is 1. The van der Waals surface area contributed by atoms with E-state index in [0.29, 0.717) is 5.69 Å². The lowest BCUT2D eigenvalue weighted by molar-refractivity contribution is 0.0698. The van der Waals surface area contributed by atoms with Crippen LogP contribution in [0.15, 0.2) is 54.6 Å². The van der Waals surface area contributed by atoms with Gasteiger partial charge in [-0.2, -0.15) is 0 Å². The Morgan fingerprint density at radius 1 is 0.941 bits per heavy atom. The molecule has 0 bridgehead atoms. The maximum absolute atomic E-state index is 11.0. The number of para-hydroxylation sites is 2. The van der Waals surface area contributed by atoms with Crippen molar-refractivity contribution in [2.45, 2.75) is 0 Å². The Morgan fingerprint density at radius 3 is 2.18 bits per heavy atom. The van der Waals surface area contributed by atoms with Crippen LogP contribution in [0, 0.1) is 0 Å². The molecule has 0 aliphatic rings. The molecule has 0 unspecified atom stereocenters. The summed E-state index contributed by atoms with van der Waals surface area (Å²) in [5, 5.41) is 12.1. The van der Waals surface area contributed by atoms with Crippen LogP contribution in [-0.2, 0) is 0 Å². The number of carbonyl (C=O) groups is 1. The molecule has 4 nitrogen and oxygen atoms in total. The van der Waals surface area contributed by atoms with Crippen LogP contribution in [0.4, 0.5) is 11.4 Å². The van der Waals surface area contributed by atoms with Crippen LogP contribution in [-0.4, -0.2) is 11.1 Å². The monoisotopic (exact) mass is 230 g/mol. The van der Waals surface area contributed by atoms with Crippen molar-refractivity contribution in [2.75, 3.05) is 5.32 Å². The van der Waals surface area contributed by atoms with Gasteiger partial charge in [-0.25, -0.2) is 4.79 Å². The first-order chi connectivity index (χ1) is 7.77. The lowest BCUT2D eigenvalue weighted by Crippen LogP contribution is -2.01. The number of hydrogen-bond donors (Lipinski definition) is 3. The highest BCUT2D eigenvalue weighted by atomic mass is 16.4. The molecule has 0 aromatic heterocycles. The Balaban J connectivity index is 0.00000144. The summed E-state index contributed by atoms with van der Waals surface area (Å²) >= 11 is 0. The summed E-state index contributed by atoms with van der Waals surface area (Å²) in [6.45, 7) is 0. The minimum Gasteiger partial charge on any atom is -0.478 e. The van der Waals surface area contributed by atoms with Crippen LogP contribution in [0.2, 0.25) is 0 Å². The first-order valence-corrected chi connectivity index (χ1v) is 4.92. The molecule has 4 heteroatoms. The molecule has 2 rings (SSSR count). The van der Waals surface area contributed by atoms with Crippen molar-refractivity contribution in [2.24, 2.45) is 0 Å². The van der Waals surface area contributed by atoms with Gasteiger partial charge in [-0.05, 0) is 24.3 Å². The van der Waals surface area contributed by atoms with Gasteiger partial charge in [0, 0.05) is 5.69 Å². The van der Waals surface area contributed by atoms with Crippen LogP contribution in [0.5, 0.6) is 0 Å². The van der Waals surface area contributed by atoms with E-state index < -0.39 is 5.97 Å². The van der Waals surface area contributed by atoms with Crippen molar-refractivity contribution < 1.29 is 9.90 Å². The van der Waals surface area contributed by atoms with Crippen molar-refractivity contribution in [3.8, 4) is 0 Å². The molecule has 0 aliphatic heterocycles. The number of rotatable bonds is 3. The van der Waals surface area contributed by atoms with Gasteiger partial charge in [0.25, 0.3) is 0 Å². The molecule has 0 radical (unpaired) electrons. The first-order valence-electron chi connectivity index (χ1n) is 4.92. The molecule has 0 saturated carbocycles. The van der Waals surface area contributed by atoms with E-state index >= 15 is 0 Å². The summed E-state index contributed by atoms with van der Waals surface area (Å²) in [5.74, 6) is -0.931. The molecule has 0 spiro atoms. The summed E-state index contributed by atoms with van der Waals surface area (Å²) in [7, 11) is 0. The highest BCUT2D eigenvalue weighted by molar-refractivity contribution is 5.95. The van der Waals surface area contributed by atoms with Gasteiger partial charge in [0.1, 0.15) is 0 Å². The lowest BCUT2D eigenvalue weighted by atomic mass is 10.1. The van der Waals surface area contributed by atoms with Gasteiger partial charge in [0.05, 0.1) is 11.3 Å². The predicted molar refractivity (Wildman–Crippen MR) is 68.1 cm³/mol. The Bertz CT molecular complexity index is 498. The van der Waals surface area contributed by atoms with E-state index in [9.17, 15) is 4.79 Å². The molecule has 17 heavy (non-hydrogen) atoms. The van der Waals surface area contributed by atoms with Gasteiger partial charge in [0.15, 0.2) is 0 Å². The van der Waals surface area contributed by atoms with Gasteiger partial charge in [-0.3, -0.25) is 0 Å². The van der Waals surface area contributed by atoms with E-state index in [4.69, 9.17) is 5.11 Å². The number of carboxylic acid groups (broad SMARTS) is 1. The van der Waals surface area contributed by atoms with E-state index in [0.717, 1.165) is 5.69 Å². The minimum absolute atomic E-state index is 0. The van der Waals surface area contributed by atoms with E-state index in [1.165, 1.54) is 0 Å². The average molecular weight is 230 g/mol. The van der Waals surface area contributed by atoms with E-state index in [1.807, 2.05) is 30.3 Å². The summed E-state index contributed by atoms with van der Waals surface area (Å²) < 4.78 is 0. The fourth-order valence-electron chi connectivity index (χ4n) is 1.46. The molecule has 0 heterocycles. The SMILES string of the molecule is N.O=C(O)c1ccccc1Nc1ccccc1. The minimum atomic E-state index is -0.931. The van der Waals surface area contributed by atoms with Crippen molar-refractivity contribution in [3.05, 3.63) is 60.2 Å². The predicted octanol–water partition coefficient (Wildman–Crippen LogP) is 3.29. The van der Waals surface area contributed by atoms with Crippen molar-refractivity contribution >= 4 is 17.3 Å². The third-order valence-corrected chi connectivity index (χ3v) is 2.21. The number of carboxylic acids is 1. The van der Waals surface area contributed by atoms with Gasteiger partial charge in [0.2, 0.25) is 0 Å². The van der Waals surface area contributed by atoms with Crippen molar-refractivity contribution in [1.82, 2.24) is 6.15 Å². The van der Waals surface area contributed by atoms with Gasteiger partial charge in [-0.1, -0.05) is 30.3 Å². The Hall–Kier alpha value is -2.33. The lowest BCUT2D eigenvalue weighted by Gasteiger charge is -2.08. The molecular formula is C13H14N2O2. The zero-order valence-corrected chi connectivity index (χ0v) is 9.26. The second-order valence-electron chi connectivity index (χ2n) is 3.34. The summed E-state index contributed by atoms with van der Waals surface area (Å²) in [4.78, 5) is 11.0. The smallest absolute Gasteiger partial charge is 0.337 e. The van der Waals surface area contributed by atoms with Crippen LogP contribution in [0.3, 0.4) is 0 Å². The summed E-state index contributed by atoms with van der Waals surface area (Å²) in [6, 6.07) is 16.3. The topological polar surface area (TPSA) is 84.3 Å². The Morgan fingerprint density at radius 2 is 1.53 bits per heavy atom. The van der Waals surface area contributed by atoms with Crippen LogP contribution < -0.4 is 11.5 Å². The third-order valence-electron chi connectivity index (χ3n) is 2.21. The van der Waals surface area contributed by atoms with Crippen LogP contribution in [0.1, 0.15) is 10.4 Å². The molecular weight excluding hydrogens is 216 g/mol. The maximum Gasteiger partial charge on any atom is 0.337 e. The number of benzene rings is 2. The quantitative estimate of drug-likeness (QED) is 0.755. The van der Waals surface area contributed by atoms with Gasteiger partial charge < -0.3 is 16.6 Å². The second kappa shape index (κ2) is 5.67. The highest BCUT2D eigenvalue weighted by Gasteiger charge is 2.08. The highest BCUT2D eigenvalue weighted by Crippen LogP contribution is 2.20. The standard InChI is InChI=1S/C13H11NO2.H3N/c15-13(16)11-8-4-5-9-12(11)14-10-6-2-1-3-7-10;/h1-9,14H,(H,15,16);1H3. The number of anilines is 2. The first kappa shape index (κ1) is 12.7. The Kier molecular flexibility index (Phi) is 4.25. The molecule has 0 saturated heterocycles. The fourth-order valence-corrected chi connectivity index (χ4v) is 1.46. The fraction of sp³-hybridized carbons (Fsp3) is 0. The van der Waals surface area contributed by atoms with Crippen LogP contribution >= 0.6 is 0 Å². The van der Waals surface area contributed by atoms with Gasteiger partial charge >= 0.3 is 5.97 Å². The normalized spacial score (nSPS) is 9.18. The van der Waals surface area contributed by atoms with E-state index in [2.05, 4.69) is 5.32 Å². The zero-order valence-electron chi connectivity index (χ0n) is 9.26. The summed E-state index contributed by atoms with van der Waals surface area (Å²) in [6.07, 6.45) is 0. The molecule has 0 aliphatic carbocycles. The molecule has 0 atom stereocenters. The second-order valence-corrected chi connectivity index (χ2v) is 3.34. The molecule has 5 N–H and O–H groups in total. The average Bonchev–Trinajstić information content (AvgIpc) is 2.31. The van der Waals surface area contributed by atoms with Gasteiger partial charge in [-0.15, -0.1) is 0 Å². The van der Waals surface area contributed by atoms with E-state index in [1.54, 1.807) is 24.3 Å². The van der Waals surface area contributed by atoms with Crippen LogP contribution in [0.25, 0.3) is 0 Å². The number of hydrogen-bond acceptors (Lipinski definition) is 3. The molecule has 0 fully saturated rings. The van der Waals surface area contributed by atoms with Crippen molar-refractivity contribution in [1.29, 1.82) is 0 Å². The summed E-state index contributed by atoms with van der Waals surface area (Å²) in [5.41, 5.74) is 1.74. The molecule has 2 aromatic carbocycles. The largest absolute Gasteiger partial charge is 0.478 e. The van der Waals surface area contributed by atoms with Crippen molar-refractivity contribution in [3.63, 3.8) is 0 Å². The third kappa shape index (κ3) is 3.06. The number of aromatic carboxylic acids is 1. The molecule has 0 amide bonds. The molecule has 2 aromatic rings. The molecule has 88 valence electrons. The Labute approximate surface area is 99.5 Å². The van der Waals surface area contributed by atoms with E-state index in [-0.39, 0.29) is 11.7 Å². The zero-order chi connectivity index (χ0) is 11.4.